The van der Waals surface area contributed by atoms with Crippen molar-refractivity contribution in [2.45, 2.75) is 52.1 Å². The molecule has 0 radical (unpaired) electrons. The Hall–Kier alpha value is -1.56. The minimum atomic E-state index is 0.0137. The first kappa shape index (κ1) is 18.8. The van der Waals surface area contributed by atoms with Gasteiger partial charge in [-0.2, -0.15) is 0 Å². The van der Waals surface area contributed by atoms with Crippen LogP contribution < -0.4 is 10.6 Å². The predicted octanol–water partition coefficient (Wildman–Crippen LogP) is 2.76. The van der Waals surface area contributed by atoms with Crippen LogP contribution in [0.25, 0.3) is 0 Å². The van der Waals surface area contributed by atoms with Crippen LogP contribution in [0.15, 0.2) is 17.1 Å². The Morgan fingerprint density at radius 1 is 1.33 bits per heavy atom. The smallest absolute Gasteiger partial charge is 0.243 e. The zero-order valence-electron chi connectivity index (χ0n) is 15.3. The molecule has 1 aliphatic rings. The van der Waals surface area contributed by atoms with E-state index in [4.69, 9.17) is 0 Å². The number of nitrogens with one attached hydrogen (secondary N) is 2. The van der Waals surface area contributed by atoms with Crippen LogP contribution in [0.2, 0.25) is 0 Å². The van der Waals surface area contributed by atoms with Gasteiger partial charge in [0.15, 0.2) is 5.96 Å². The second-order valence-electron chi connectivity index (χ2n) is 6.83. The van der Waals surface area contributed by atoms with Gasteiger partial charge in [0.05, 0.1) is 6.54 Å². The van der Waals surface area contributed by atoms with Gasteiger partial charge >= 0.3 is 0 Å². The molecule has 1 aromatic rings. The molecule has 0 bridgehead atoms. The van der Waals surface area contributed by atoms with E-state index in [1.807, 2.05) is 0 Å². The summed E-state index contributed by atoms with van der Waals surface area (Å²) >= 11 is 1.79. The van der Waals surface area contributed by atoms with Gasteiger partial charge in [0.1, 0.15) is 6.54 Å². The lowest BCUT2D eigenvalue weighted by Crippen LogP contribution is -2.47. The van der Waals surface area contributed by atoms with Crippen molar-refractivity contribution in [1.29, 1.82) is 0 Å². The molecule has 0 aromatic carbocycles. The number of guanidine groups is 1. The van der Waals surface area contributed by atoms with Crippen molar-refractivity contribution in [2.75, 3.05) is 20.6 Å². The first-order valence-electron chi connectivity index (χ1n) is 8.76. The minimum Gasteiger partial charge on any atom is -0.353 e. The summed E-state index contributed by atoms with van der Waals surface area (Å²) in [4.78, 5) is 20.5. The standard InChI is InChI=1S/C18H30N4OS/c1-13-7-5-6-8-16(13)21-18(20-12-17(23)22(3)4)19-11-15-10-9-14(2)24-15/h9-10,13,16H,5-8,11-12H2,1-4H3,(H2,19,20,21). The number of nitrogens with zero attached hydrogens (tertiary/aromatic N) is 2. The summed E-state index contributed by atoms with van der Waals surface area (Å²) in [6.07, 6.45) is 5.00. The monoisotopic (exact) mass is 350 g/mol. The van der Waals surface area contributed by atoms with Crippen molar-refractivity contribution < 1.29 is 4.79 Å². The van der Waals surface area contributed by atoms with E-state index in [1.165, 1.54) is 35.4 Å². The van der Waals surface area contributed by atoms with Gasteiger partial charge in [0.25, 0.3) is 0 Å². The highest BCUT2D eigenvalue weighted by molar-refractivity contribution is 7.11. The SMILES string of the molecule is Cc1ccc(CNC(=NCC(=O)N(C)C)NC2CCCCC2C)s1. The largest absolute Gasteiger partial charge is 0.353 e. The fourth-order valence-electron chi connectivity index (χ4n) is 2.90. The van der Waals surface area contributed by atoms with E-state index in [1.54, 1.807) is 30.3 Å². The number of aliphatic imine (C=N–C) groups is 1. The lowest BCUT2D eigenvalue weighted by Gasteiger charge is -2.31. The second-order valence-corrected chi connectivity index (χ2v) is 8.20. The molecule has 1 aromatic heterocycles. The van der Waals surface area contributed by atoms with Gasteiger partial charge in [-0.05, 0) is 37.8 Å². The van der Waals surface area contributed by atoms with Crippen molar-refractivity contribution in [3.8, 4) is 0 Å². The molecule has 1 fully saturated rings. The van der Waals surface area contributed by atoms with Crippen molar-refractivity contribution in [3.05, 3.63) is 21.9 Å². The molecule has 24 heavy (non-hydrogen) atoms. The van der Waals surface area contributed by atoms with E-state index in [0.717, 1.165) is 12.5 Å². The molecule has 2 unspecified atom stereocenters. The third kappa shape index (κ3) is 5.82. The molecular weight excluding hydrogens is 320 g/mol. The van der Waals surface area contributed by atoms with Gasteiger partial charge in [-0.25, -0.2) is 4.99 Å². The molecule has 2 rings (SSSR count). The number of aryl methyl sites for hydroxylation is 1. The fourth-order valence-corrected chi connectivity index (χ4v) is 3.73. The Kier molecular flexibility index (Phi) is 7.09. The number of thiophene rings is 1. The summed E-state index contributed by atoms with van der Waals surface area (Å²) in [5.41, 5.74) is 0. The molecule has 2 N–H and O–H groups in total. The van der Waals surface area contributed by atoms with E-state index >= 15 is 0 Å². The first-order valence-corrected chi connectivity index (χ1v) is 9.57. The molecule has 0 spiro atoms. The zero-order chi connectivity index (χ0) is 17.5. The third-order valence-electron chi connectivity index (χ3n) is 4.53. The van der Waals surface area contributed by atoms with Crippen molar-refractivity contribution in [1.82, 2.24) is 15.5 Å². The van der Waals surface area contributed by atoms with Gasteiger partial charge in [-0.15, -0.1) is 11.3 Å². The summed E-state index contributed by atoms with van der Waals surface area (Å²) in [7, 11) is 3.52. The van der Waals surface area contributed by atoms with Gasteiger partial charge in [-0.3, -0.25) is 4.79 Å². The van der Waals surface area contributed by atoms with Gasteiger partial charge in [0.2, 0.25) is 5.91 Å². The Balaban J connectivity index is 1.99. The van der Waals surface area contributed by atoms with Crippen LogP contribution in [-0.2, 0) is 11.3 Å². The normalized spacial score (nSPS) is 21.4. The summed E-state index contributed by atoms with van der Waals surface area (Å²) in [5, 5.41) is 6.94. The van der Waals surface area contributed by atoms with Crippen LogP contribution in [0.3, 0.4) is 0 Å². The van der Waals surface area contributed by atoms with Crippen LogP contribution in [0.1, 0.15) is 42.4 Å². The molecular formula is C18H30N4OS. The predicted molar refractivity (Wildman–Crippen MR) is 101 cm³/mol. The molecule has 1 heterocycles. The molecule has 1 saturated carbocycles. The molecule has 0 aliphatic heterocycles. The van der Waals surface area contributed by atoms with Crippen molar-refractivity contribution >= 4 is 23.2 Å². The van der Waals surface area contributed by atoms with Crippen LogP contribution in [0, 0.1) is 12.8 Å². The minimum absolute atomic E-state index is 0.0137. The Morgan fingerprint density at radius 3 is 2.71 bits per heavy atom. The summed E-state index contributed by atoms with van der Waals surface area (Å²) in [6, 6.07) is 4.70. The topological polar surface area (TPSA) is 56.7 Å². The molecule has 134 valence electrons. The lowest BCUT2D eigenvalue weighted by molar-refractivity contribution is -0.127. The van der Waals surface area contributed by atoms with Crippen LogP contribution in [-0.4, -0.2) is 43.4 Å². The fraction of sp³-hybridized carbons (Fsp3) is 0.667. The number of hydrogen-bond donors (Lipinski definition) is 2. The van der Waals surface area contributed by atoms with Crippen LogP contribution in [0.5, 0.6) is 0 Å². The highest BCUT2D eigenvalue weighted by atomic mass is 32.1. The maximum atomic E-state index is 11.8. The van der Waals surface area contributed by atoms with E-state index in [-0.39, 0.29) is 12.5 Å². The number of hydrogen-bond acceptors (Lipinski definition) is 3. The van der Waals surface area contributed by atoms with Crippen LogP contribution >= 0.6 is 11.3 Å². The highest BCUT2D eigenvalue weighted by Gasteiger charge is 2.22. The maximum Gasteiger partial charge on any atom is 0.243 e. The molecule has 1 aliphatic carbocycles. The summed E-state index contributed by atoms with van der Waals surface area (Å²) in [6.45, 7) is 5.32. The molecule has 0 saturated heterocycles. The van der Waals surface area contributed by atoms with Crippen molar-refractivity contribution in [2.24, 2.45) is 10.9 Å². The Labute approximate surface area is 149 Å². The quantitative estimate of drug-likeness (QED) is 0.634. The molecule has 1 amide bonds. The van der Waals surface area contributed by atoms with Gasteiger partial charge in [0, 0.05) is 29.9 Å². The number of likely N-dealkylation sites (N-methyl/N-ethyl adjacent to an activating group) is 1. The lowest BCUT2D eigenvalue weighted by atomic mass is 9.86. The number of carbonyl (C=O) groups is 1. The number of rotatable bonds is 5. The van der Waals surface area contributed by atoms with E-state index < -0.39 is 0 Å². The summed E-state index contributed by atoms with van der Waals surface area (Å²) in [5.74, 6) is 1.40. The van der Waals surface area contributed by atoms with E-state index in [2.05, 4.69) is 41.6 Å². The van der Waals surface area contributed by atoms with Gasteiger partial charge < -0.3 is 15.5 Å². The highest BCUT2D eigenvalue weighted by Crippen LogP contribution is 2.23. The van der Waals surface area contributed by atoms with E-state index in [9.17, 15) is 4.79 Å². The molecule has 2 atom stereocenters. The second kappa shape index (κ2) is 9.06. The maximum absolute atomic E-state index is 11.8. The first-order chi connectivity index (χ1) is 11.5. The number of amides is 1. The zero-order valence-corrected chi connectivity index (χ0v) is 16.1. The summed E-state index contributed by atoms with van der Waals surface area (Å²) < 4.78 is 0. The Bertz CT molecular complexity index is 567. The Morgan fingerprint density at radius 2 is 2.08 bits per heavy atom. The van der Waals surface area contributed by atoms with Gasteiger partial charge in [-0.1, -0.05) is 19.8 Å². The van der Waals surface area contributed by atoms with Crippen molar-refractivity contribution in [3.63, 3.8) is 0 Å². The van der Waals surface area contributed by atoms with Crippen LogP contribution in [0.4, 0.5) is 0 Å². The average molecular weight is 351 g/mol. The average Bonchev–Trinajstić information content (AvgIpc) is 2.97. The van der Waals surface area contributed by atoms with E-state index in [0.29, 0.717) is 12.0 Å². The third-order valence-corrected chi connectivity index (χ3v) is 5.53. The number of carbonyl (C=O) groups excluding carboxylic acids is 1. The molecule has 6 heteroatoms. The molecule has 5 nitrogen and oxygen atoms in total.